The number of aromatic nitrogens is 1. The molecule has 1 aliphatic heterocycles. The fourth-order valence-corrected chi connectivity index (χ4v) is 3.07. The lowest BCUT2D eigenvalue weighted by molar-refractivity contribution is 0.193. The summed E-state index contributed by atoms with van der Waals surface area (Å²) in [4.78, 5) is 14.8. The number of hydrogen-bond donors (Lipinski definition) is 0. The minimum atomic E-state index is 0.145. The van der Waals surface area contributed by atoms with Crippen LogP contribution in [0.15, 0.2) is 41.3 Å². The second-order valence-corrected chi connectivity index (χ2v) is 5.63. The number of likely N-dealkylation sites (tertiary alicyclic amines) is 1. The summed E-state index contributed by atoms with van der Waals surface area (Å²) in [5, 5.41) is 1.86. The van der Waals surface area contributed by atoms with E-state index in [1.54, 1.807) is 0 Å². The summed E-state index contributed by atoms with van der Waals surface area (Å²) in [6.07, 6.45) is 4.41. The molecule has 1 aliphatic rings. The van der Waals surface area contributed by atoms with Crippen molar-refractivity contribution in [1.82, 2.24) is 9.47 Å². The third kappa shape index (κ3) is 2.56. The molecule has 3 rings (SSSR count). The van der Waals surface area contributed by atoms with Gasteiger partial charge in [-0.2, -0.15) is 0 Å². The number of piperidine rings is 1. The largest absolute Gasteiger partial charge is 0.315 e. The standard InChI is InChI=1S/C16H20N2O/c1-17-9-4-5-13(11-17)12-18-10-8-14-6-2-3-7-15(14)16(18)19/h2-3,6-8,10,13H,4-5,9,11-12H2,1H3. The van der Waals surface area contributed by atoms with Gasteiger partial charge in [0.25, 0.3) is 5.56 Å². The summed E-state index contributed by atoms with van der Waals surface area (Å²) in [6.45, 7) is 3.12. The van der Waals surface area contributed by atoms with Crippen molar-refractivity contribution in [3.8, 4) is 0 Å². The molecule has 1 atom stereocenters. The van der Waals surface area contributed by atoms with Gasteiger partial charge in [-0.1, -0.05) is 18.2 Å². The highest BCUT2D eigenvalue weighted by molar-refractivity contribution is 5.81. The molecule has 0 saturated carbocycles. The van der Waals surface area contributed by atoms with Crippen LogP contribution < -0.4 is 5.56 Å². The van der Waals surface area contributed by atoms with Crippen LogP contribution in [0, 0.1) is 5.92 Å². The fraction of sp³-hybridized carbons (Fsp3) is 0.438. The lowest BCUT2D eigenvalue weighted by Gasteiger charge is -2.30. The quantitative estimate of drug-likeness (QED) is 0.824. The van der Waals surface area contributed by atoms with Crippen LogP contribution in [0.4, 0.5) is 0 Å². The van der Waals surface area contributed by atoms with E-state index in [9.17, 15) is 4.79 Å². The van der Waals surface area contributed by atoms with Crippen molar-refractivity contribution in [3.05, 3.63) is 46.9 Å². The zero-order chi connectivity index (χ0) is 13.2. The average molecular weight is 256 g/mol. The van der Waals surface area contributed by atoms with Crippen LogP contribution in [0.2, 0.25) is 0 Å². The Morgan fingerprint density at radius 3 is 2.95 bits per heavy atom. The summed E-state index contributed by atoms with van der Waals surface area (Å²) in [5.41, 5.74) is 0.145. The first-order chi connectivity index (χ1) is 9.24. The lowest BCUT2D eigenvalue weighted by Crippen LogP contribution is -2.36. The number of fused-ring (bicyclic) bond motifs is 1. The summed E-state index contributed by atoms with van der Waals surface area (Å²) in [6, 6.07) is 9.87. The van der Waals surface area contributed by atoms with Gasteiger partial charge in [0.2, 0.25) is 0 Å². The lowest BCUT2D eigenvalue weighted by atomic mass is 9.98. The molecule has 1 aromatic carbocycles. The van der Waals surface area contributed by atoms with E-state index < -0.39 is 0 Å². The summed E-state index contributed by atoms with van der Waals surface area (Å²) in [7, 11) is 2.16. The van der Waals surface area contributed by atoms with Crippen molar-refractivity contribution >= 4 is 10.8 Å². The van der Waals surface area contributed by atoms with Crippen LogP contribution in [-0.2, 0) is 6.54 Å². The van der Waals surface area contributed by atoms with E-state index in [-0.39, 0.29) is 5.56 Å². The van der Waals surface area contributed by atoms with Crippen molar-refractivity contribution in [2.75, 3.05) is 20.1 Å². The third-order valence-corrected chi connectivity index (χ3v) is 4.06. The number of nitrogens with zero attached hydrogens (tertiary/aromatic N) is 2. The van der Waals surface area contributed by atoms with Crippen LogP contribution in [0.25, 0.3) is 10.8 Å². The Balaban J connectivity index is 1.89. The van der Waals surface area contributed by atoms with Crippen LogP contribution in [0.3, 0.4) is 0 Å². The molecule has 3 heteroatoms. The van der Waals surface area contributed by atoms with E-state index in [0.29, 0.717) is 5.92 Å². The number of hydrogen-bond acceptors (Lipinski definition) is 2. The molecule has 1 saturated heterocycles. The molecule has 0 bridgehead atoms. The Labute approximate surface area is 113 Å². The van der Waals surface area contributed by atoms with Gasteiger partial charge in [-0.3, -0.25) is 4.79 Å². The van der Waals surface area contributed by atoms with Gasteiger partial charge in [0, 0.05) is 24.7 Å². The van der Waals surface area contributed by atoms with Gasteiger partial charge in [0.05, 0.1) is 0 Å². The van der Waals surface area contributed by atoms with Gasteiger partial charge < -0.3 is 9.47 Å². The fourth-order valence-electron chi connectivity index (χ4n) is 3.07. The molecule has 0 radical (unpaired) electrons. The van der Waals surface area contributed by atoms with Crippen molar-refractivity contribution in [1.29, 1.82) is 0 Å². The van der Waals surface area contributed by atoms with E-state index in [0.717, 1.165) is 23.9 Å². The molecule has 1 aromatic heterocycles. The van der Waals surface area contributed by atoms with Crippen LogP contribution in [0.1, 0.15) is 12.8 Å². The monoisotopic (exact) mass is 256 g/mol. The second-order valence-electron chi connectivity index (χ2n) is 5.63. The van der Waals surface area contributed by atoms with Crippen molar-refractivity contribution in [3.63, 3.8) is 0 Å². The predicted molar refractivity (Wildman–Crippen MR) is 78.4 cm³/mol. The van der Waals surface area contributed by atoms with Gasteiger partial charge in [0.15, 0.2) is 0 Å². The van der Waals surface area contributed by atoms with E-state index in [1.807, 2.05) is 41.1 Å². The summed E-state index contributed by atoms with van der Waals surface area (Å²) >= 11 is 0. The van der Waals surface area contributed by atoms with Gasteiger partial charge in [-0.05, 0) is 49.9 Å². The Hall–Kier alpha value is -1.61. The minimum Gasteiger partial charge on any atom is -0.315 e. The highest BCUT2D eigenvalue weighted by Gasteiger charge is 2.18. The Morgan fingerprint density at radius 2 is 2.11 bits per heavy atom. The molecular weight excluding hydrogens is 236 g/mol. The van der Waals surface area contributed by atoms with E-state index >= 15 is 0 Å². The summed E-state index contributed by atoms with van der Waals surface area (Å²) in [5.74, 6) is 0.595. The first-order valence-electron chi connectivity index (χ1n) is 7.01. The Morgan fingerprint density at radius 1 is 1.26 bits per heavy atom. The summed E-state index contributed by atoms with van der Waals surface area (Å²) < 4.78 is 1.88. The zero-order valence-corrected chi connectivity index (χ0v) is 11.4. The Kier molecular flexibility index (Phi) is 3.38. The van der Waals surface area contributed by atoms with Crippen LogP contribution in [0.5, 0.6) is 0 Å². The normalized spacial score (nSPS) is 20.8. The molecule has 2 aromatic rings. The van der Waals surface area contributed by atoms with Crippen molar-refractivity contribution in [2.24, 2.45) is 5.92 Å². The number of benzene rings is 1. The minimum absolute atomic E-state index is 0.145. The molecule has 2 heterocycles. The van der Waals surface area contributed by atoms with Crippen molar-refractivity contribution in [2.45, 2.75) is 19.4 Å². The molecule has 19 heavy (non-hydrogen) atoms. The van der Waals surface area contributed by atoms with Gasteiger partial charge in [-0.25, -0.2) is 0 Å². The molecule has 0 spiro atoms. The molecule has 1 unspecified atom stereocenters. The first kappa shape index (κ1) is 12.4. The first-order valence-corrected chi connectivity index (χ1v) is 7.01. The molecule has 0 amide bonds. The van der Waals surface area contributed by atoms with Gasteiger partial charge in [0.1, 0.15) is 0 Å². The Bertz CT molecular complexity index is 632. The predicted octanol–water partition coefficient (Wildman–Crippen LogP) is 2.34. The molecular formula is C16H20N2O. The number of pyridine rings is 1. The third-order valence-electron chi connectivity index (χ3n) is 4.06. The maximum absolute atomic E-state index is 12.4. The maximum atomic E-state index is 12.4. The SMILES string of the molecule is CN1CCCC(Cn2ccc3ccccc3c2=O)C1. The zero-order valence-electron chi connectivity index (χ0n) is 11.4. The van der Waals surface area contributed by atoms with Gasteiger partial charge in [-0.15, -0.1) is 0 Å². The molecule has 0 aliphatic carbocycles. The number of rotatable bonds is 2. The highest BCUT2D eigenvalue weighted by Crippen LogP contribution is 2.17. The molecule has 1 fully saturated rings. The average Bonchev–Trinajstić information content (AvgIpc) is 2.42. The smallest absolute Gasteiger partial charge is 0.258 e. The maximum Gasteiger partial charge on any atom is 0.258 e. The molecule has 0 N–H and O–H groups in total. The van der Waals surface area contributed by atoms with E-state index in [1.165, 1.54) is 19.4 Å². The highest BCUT2D eigenvalue weighted by atomic mass is 16.1. The van der Waals surface area contributed by atoms with Crippen molar-refractivity contribution < 1.29 is 0 Å². The van der Waals surface area contributed by atoms with E-state index in [2.05, 4.69) is 11.9 Å². The van der Waals surface area contributed by atoms with Gasteiger partial charge >= 0.3 is 0 Å². The topological polar surface area (TPSA) is 25.2 Å². The molecule has 3 nitrogen and oxygen atoms in total. The second kappa shape index (κ2) is 5.17. The molecule has 100 valence electrons. The van der Waals surface area contributed by atoms with Crippen LogP contribution in [-0.4, -0.2) is 29.6 Å². The van der Waals surface area contributed by atoms with Crippen LogP contribution >= 0.6 is 0 Å². The van der Waals surface area contributed by atoms with E-state index in [4.69, 9.17) is 0 Å².